The molecule has 0 heterocycles. The van der Waals surface area contributed by atoms with E-state index in [1.807, 2.05) is 0 Å². The molecule has 0 spiro atoms. The first kappa shape index (κ1) is 14.5. The van der Waals surface area contributed by atoms with Gasteiger partial charge in [0, 0.05) is 16.8 Å². The molecule has 0 saturated heterocycles. The summed E-state index contributed by atoms with van der Waals surface area (Å²) in [6, 6.07) is 0. The molecule has 0 aromatic carbocycles. The summed E-state index contributed by atoms with van der Waals surface area (Å²) in [6.45, 7) is 5.68. The molecule has 1 N–H and O–H groups in total. The standard InChI is InChI=1S/C9H18O2.Co/c1-4-5-6-7-9(2,3)8(10)11;/h4-7H2,1-3H3,(H,10,11);. The van der Waals surface area contributed by atoms with Gasteiger partial charge in [0.05, 0.1) is 5.41 Å². The van der Waals surface area contributed by atoms with Crippen LogP contribution in [0.4, 0.5) is 0 Å². The zero-order valence-electron chi connectivity index (χ0n) is 8.02. The van der Waals surface area contributed by atoms with E-state index >= 15 is 0 Å². The summed E-state index contributed by atoms with van der Waals surface area (Å²) >= 11 is 0. The molecule has 0 atom stereocenters. The molecule has 1 radical (unpaired) electrons. The van der Waals surface area contributed by atoms with Gasteiger partial charge >= 0.3 is 5.97 Å². The topological polar surface area (TPSA) is 37.3 Å². The van der Waals surface area contributed by atoms with Gasteiger partial charge in [-0.05, 0) is 20.3 Å². The Kier molecular flexibility index (Phi) is 7.84. The molecule has 12 heavy (non-hydrogen) atoms. The molecule has 0 aromatic heterocycles. The second-order valence-corrected chi connectivity index (χ2v) is 3.65. The van der Waals surface area contributed by atoms with Gasteiger partial charge in [0.15, 0.2) is 0 Å². The fourth-order valence-electron chi connectivity index (χ4n) is 0.924. The van der Waals surface area contributed by atoms with Crippen molar-refractivity contribution in [3.05, 3.63) is 0 Å². The molecule has 0 fully saturated rings. The van der Waals surface area contributed by atoms with E-state index in [4.69, 9.17) is 5.11 Å². The largest absolute Gasteiger partial charge is 0.481 e. The zero-order chi connectivity index (χ0) is 8.91. The summed E-state index contributed by atoms with van der Waals surface area (Å²) in [4.78, 5) is 10.6. The van der Waals surface area contributed by atoms with E-state index in [1.54, 1.807) is 13.8 Å². The first-order valence-electron chi connectivity index (χ1n) is 4.24. The molecule has 0 saturated carbocycles. The molecule has 2 nitrogen and oxygen atoms in total. The third-order valence-corrected chi connectivity index (χ3v) is 1.98. The van der Waals surface area contributed by atoms with Crippen LogP contribution in [-0.4, -0.2) is 11.1 Å². The minimum Gasteiger partial charge on any atom is -0.481 e. The van der Waals surface area contributed by atoms with Crippen LogP contribution in [-0.2, 0) is 21.6 Å². The minimum absolute atomic E-state index is 0. The first-order valence-corrected chi connectivity index (χ1v) is 4.24. The number of rotatable bonds is 5. The van der Waals surface area contributed by atoms with Crippen LogP contribution in [0.15, 0.2) is 0 Å². The first-order chi connectivity index (χ1) is 5.00. The van der Waals surface area contributed by atoms with Crippen molar-refractivity contribution >= 4 is 5.97 Å². The van der Waals surface area contributed by atoms with Crippen molar-refractivity contribution in [2.45, 2.75) is 46.5 Å². The molecule has 0 aliphatic rings. The molecule has 0 aromatic rings. The second-order valence-electron chi connectivity index (χ2n) is 3.65. The molecule has 0 aliphatic heterocycles. The molecular formula is C9H18CoO2. The average Bonchev–Trinajstić information content (AvgIpc) is 1.88. The predicted octanol–water partition coefficient (Wildman–Crippen LogP) is 2.68. The fourth-order valence-corrected chi connectivity index (χ4v) is 0.924. The maximum atomic E-state index is 10.6. The van der Waals surface area contributed by atoms with Gasteiger partial charge in [0.25, 0.3) is 0 Å². The second kappa shape index (κ2) is 6.49. The van der Waals surface area contributed by atoms with Gasteiger partial charge in [-0.1, -0.05) is 26.2 Å². The third kappa shape index (κ3) is 5.60. The van der Waals surface area contributed by atoms with E-state index in [0.29, 0.717) is 0 Å². The molecular weight excluding hydrogens is 199 g/mol. The Morgan fingerprint density at radius 1 is 1.33 bits per heavy atom. The van der Waals surface area contributed by atoms with E-state index in [2.05, 4.69) is 6.92 Å². The Balaban J connectivity index is 0. The van der Waals surface area contributed by atoms with Crippen LogP contribution in [0.25, 0.3) is 0 Å². The molecule has 0 unspecified atom stereocenters. The van der Waals surface area contributed by atoms with Crippen LogP contribution >= 0.6 is 0 Å². The number of carbonyl (C=O) groups is 1. The number of carboxylic acids is 1. The van der Waals surface area contributed by atoms with Gasteiger partial charge in [0.1, 0.15) is 0 Å². The predicted molar refractivity (Wildman–Crippen MR) is 45.6 cm³/mol. The Hall–Kier alpha value is -0.0235. The fraction of sp³-hybridized carbons (Fsp3) is 0.889. The zero-order valence-corrected chi connectivity index (χ0v) is 9.06. The van der Waals surface area contributed by atoms with Gasteiger partial charge in [-0.3, -0.25) is 4.79 Å². The van der Waals surface area contributed by atoms with Crippen molar-refractivity contribution in [3.8, 4) is 0 Å². The maximum absolute atomic E-state index is 10.6. The van der Waals surface area contributed by atoms with Crippen LogP contribution in [0.2, 0.25) is 0 Å². The molecule has 0 aliphatic carbocycles. The summed E-state index contributed by atoms with van der Waals surface area (Å²) in [5.41, 5.74) is -0.533. The average molecular weight is 217 g/mol. The minimum atomic E-state index is -0.686. The van der Waals surface area contributed by atoms with E-state index in [0.717, 1.165) is 25.7 Å². The van der Waals surface area contributed by atoms with E-state index in [9.17, 15) is 4.79 Å². The number of carboxylic acid groups (broad SMARTS) is 1. The smallest absolute Gasteiger partial charge is 0.309 e. The molecule has 75 valence electrons. The van der Waals surface area contributed by atoms with Crippen LogP contribution in [0, 0.1) is 5.41 Å². The summed E-state index contributed by atoms with van der Waals surface area (Å²) < 4.78 is 0. The van der Waals surface area contributed by atoms with Crippen LogP contribution in [0.1, 0.15) is 46.5 Å². The third-order valence-electron chi connectivity index (χ3n) is 1.98. The number of unbranched alkanes of at least 4 members (excludes halogenated alkanes) is 2. The van der Waals surface area contributed by atoms with Gasteiger partial charge < -0.3 is 5.11 Å². The summed E-state index contributed by atoms with van der Waals surface area (Å²) in [7, 11) is 0. The van der Waals surface area contributed by atoms with Crippen molar-refractivity contribution in [3.63, 3.8) is 0 Å². The Morgan fingerprint density at radius 2 is 1.83 bits per heavy atom. The van der Waals surface area contributed by atoms with Crippen molar-refractivity contribution in [2.75, 3.05) is 0 Å². The maximum Gasteiger partial charge on any atom is 0.309 e. The summed E-state index contributed by atoms with van der Waals surface area (Å²) in [6.07, 6.45) is 4.10. The van der Waals surface area contributed by atoms with Gasteiger partial charge in [-0.25, -0.2) is 0 Å². The van der Waals surface area contributed by atoms with Crippen LogP contribution < -0.4 is 0 Å². The number of hydrogen-bond donors (Lipinski definition) is 1. The van der Waals surface area contributed by atoms with Gasteiger partial charge in [0.2, 0.25) is 0 Å². The molecule has 3 heteroatoms. The molecule has 0 rings (SSSR count). The van der Waals surface area contributed by atoms with E-state index in [1.165, 1.54) is 0 Å². The van der Waals surface area contributed by atoms with Crippen molar-refractivity contribution < 1.29 is 26.7 Å². The van der Waals surface area contributed by atoms with Crippen molar-refractivity contribution in [1.82, 2.24) is 0 Å². The van der Waals surface area contributed by atoms with E-state index < -0.39 is 11.4 Å². The van der Waals surface area contributed by atoms with Crippen LogP contribution in [0.5, 0.6) is 0 Å². The van der Waals surface area contributed by atoms with Crippen molar-refractivity contribution in [2.24, 2.45) is 5.41 Å². The summed E-state index contributed by atoms with van der Waals surface area (Å²) in [5.74, 6) is -0.686. The van der Waals surface area contributed by atoms with Crippen molar-refractivity contribution in [1.29, 1.82) is 0 Å². The van der Waals surface area contributed by atoms with Crippen LogP contribution in [0.3, 0.4) is 0 Å². The number of hydrogen-bond acceptors (Lipinski definition) is 1. The SMILES string of the molecule is CCCCCC(C)(C)C(=O)O.[Co]. The van der Waals surface area contributed by atoms with E-state index in [-0.39, 0.29) is 16.8 Å². The van der Waals surface area contributed by atoms with Gasteiger partial charge in [-0.2, -0.15) is 0 Å². The van der Waals surface area contributed by atoms with Gasteiger partial charge in [-0.15, -0.1) is 0 Å². The monoisotopic (exact) mass is 217 g/mol. The normalized spacial score (nSPS) is 10.6. The molecule has 0 amide bonds. The Morgan fingerprint density at radius 3 is 2.17 bits per heavy atom. The Bertz CT molecular complexity index is 132. The molecule has 0 bridgehead atoms. The quantitative estimate of drug-likeness (QED) is 0.719. The summed E-state index contributed by atoms with van der Waals surface area (Å²) in [5, 5.41) is 8.74. The Labute approximate surface area is 84.9 Å². The number of aliphatic carboxylic acids is 1.